The molecule has 0 saturated heterocycles. The van der Waals surface area contributed by atoms with Crippen LogP contribution in [-0.4, -0.2) is 8.42 Å². The van der Waals surface area contributed by atoms with Crippen molar-refractivity contribution < 1.29 is 12.8 Å². The van der Waals surface area contributed by atoms with Gasteiger partial charge in [0.2, 0.25) is 10.0 Å². The van der Waals surface area contributed by atoms with Gasteiger partial charge in [-0.05, 0) is 49.2 Å². The lowest BCUT2D eigenvalue weighted by atomic mass is 10.1. The van der Waals surface area contributed by atoms with Crippen LogP contribution in [0.4, 0.5) is 4.39 Å². The lowest BCUT2D eigenvalue weighted by molar-refractivity contribution is 0.566. The van der Waals surface area contributed by atoms with Crippen molar-refractivity contribution >= 4 is 21.6 Å². The summed E-state index contributed by atoms with van der Waals surface area (Å²) in [6, 6.07) is 9.94. The van der Waals surface area contributed by atoms with Gasteiger partial charge in [-0.1, -0.05) is 29.8 Å². The SMILES string of the molecule is Cc1c(Cl)cccc1S(=O)(=O)NC(C)c1ccc(F)cc1. The minimum Gasteiger partial charge on any atom is -0.207 e. The third kappa shape index (κ3) is 3.61. The number of benzene rings is 2. The highest BCUT2D eigenvalue weighted by atomic mass is 35.5. The molecule has 6 heteroatoms. The van der Waals surface area contributed by atoms with Crippen molar-refractivity contribution in [2.24, 2.45) is 0 Å². The Bertz CT molecular complexity index is 745. The van der Waals surface area contributed by atoms with E-state index in [4.69, 9.17) is 11.6 Å². The van der Waals surface area contributed by atoms with Gasteiger partial charge < -0.3 is 0 Å². The Morgan fingerprint density at radius 3 is 2.38 bits per heavy atom. The Morgan fingerprint density at radius 2 is 1.76 bits per heavy atom. The molecule has 0 fully saturated rings. The van der Waals surface area contributed by atoms with Crippen molar-refractivity contribution in [2.75, 3.05) is 0 Å². The summed E-state index contributed by atoms with van der Waals surface area (Å²) in [6.45, 7) is 3.35. The fraction of sp³-hybridized carbons (Fsp3) is 0.200. The van der Waals surface area contributed by atoms with Crippen molar-refractivity contribution in [3.05, 3.63) is 64.4 Å². The molecule has 0 spiro atoms. The topological polar surface area (TPSA) is 46.2 Å². The molecule has 0 aromatic heterocycles. The number of rotatable bonds is 4. The Balaban J connectivity index is 2.29. The molecule has 1 N–H and O–H groups in total. The lowest BCUT2D eigenvalue weighted by Gasteiger charge is -2.16. The van der Waals surface area contributed by atoms with Crippen molar-refractivity contribution in [3.63, 3.8) is 0 Å². The lowest BCUT2D eigenvalue weighted by Crippen LogP contribution is -2.27. The number of nitrogens with one attached hydrogen (secondary N) is 1. The highest BCUT2D eigenvalue weighted by Crippen LogP contribution is 2.24. The van der Waals surface area contributed by atoms with E-state index in [-0.39, 0.29) is 10.7 Å². The number of hydrogen-bond acceptors (Lipinski definition) is 2. The molecule has 0 aliphatic carbocycles. The van der Waals surface area contributed by atoms with Crippen LogP contribution in [0.5, 0.6) is 0 Å². The zero-order valence-corrected chi connectivity index (χ0v) is 13.2. The van der Waals surface area contributed by atoms with Crippen molar-refractivity contribution in [1.29, 1.82) is 0 Å². The summed E-state index contributed by atoms with van der Waals surface area (Å²) in [5.41, 5.74) is 1.18. The van der Waals surface area contributed by atoms with Crippen LogP contribution in [0.1, 0.15) is 24.1 Å². The largest absolute Gasteiger partial charge is 0.241 e. The van der Waals surface area contributed by atoms with Gasteiger partial charge in [-0.25, -0.2) is 17.5 Å². The predicted molar refractivity (Wildman–Crippen MR) is 81.3 cm³/mol. The van der Waals surface area contributed by atoms with Gasteiger partial charge in [-0.15, -0.1) is 0 Å². The monoisotopic (exact) mass is 327 g/mol. The fourth-order valence-corrected chi connectivity index (χ4v) is 3.72. The number of halogens is 2. The quantitative estimate of drug-likeness (QED) is 0.927. The first kappa shape index (κ1) is 15.9. The Morgan fingerprint density at radius 1 is 1.14 bits per heavy atom. The molecule has 1 atom stereocenters. The molecule has 3 nitrogen and oxygen atoms in total. The summed E-state index contributed by atoms with van der Waals surface area (Å²) < 4.78 is 40.3. The average molecular weight is 328 g/mol. The van der Waals surface area contributed by atoms with Crippen LogP contribution >= 0.6 is 11.6 Å². The van der Waals surface area contributed by atoms with Gasteiger partial charge in [-0.3, -0.25) is 0 Å². The zero-order chi connectivity index (χ0) is 15.6. The number of sulfonamides is 1. The molecule has 0 heterocycles. The standard InChI is InChI=1S/C15H15ClFNO2S/c1-10-14(16)4-3-5-15(10)21(19,20)18-11(2)12-6-8-13(17)9-7-12/h3-9,11,18H,1-2H3. The average Bonchev–Trinajstić information content (AvgIpc) is 2.41. The van der Waals surface area contributed by atoms with E-state index >= 15 is 0 Å². The summed E-state index contributed by atoms with van der Waals surface area (Å²) in [5, 5.41) is 0.396. The summed E-state index contributed by atoms with van der Waals surface area (Å²) in [5.74, 6) is -0.362. The van der Waals surface area contributed by atoms with Gasteiger partial charge in [0.1, 0.15) is 5.82 Å². The van der Waals surface area contributed by atoms with Crippen LogP contribution in [0.3, 0.4) is 0 Å². The first-order chi connectivity index (χ1) is 9.81. The maximum Gasteiger partial charge on any atom is 0.241 e. The van der Waals surface area contributed by atoms with E-state index in [9.17, 15) is 12.8 Å². The van der Waals surface area contributed by atoms with Gasteiger partial charge in [0.05, 0.1) is 4.90 Å². The summed E-state index contributed by atoms with van der Waals surface area (Å²) in [6.07, 6.45) is 0. The molecule has 0 amide bonds. The second kappa shape index (κ2) is 6.13. The third-order valence-corrected chi connectivity index (χ3v) is 5.30. The zero-order valence-electron chi connectivity index (χ0n) is 11.6. The Kier molecular flexibility index (Phi) is 4.66. The minimum absolute atomic E-state index is 0.143. The molecule has 21 heavy (non-hydrogen) atoms. The molecule has 0 aliphatic heterocycles. The number of hydrogen-bond donors (Lipinski definition) is 1. The van der Waals surface area contributed by atoms with Gasteiger partial charge in [0.15, 0.2) is 0 Å². The highest BCUT2D eigenvalue weighted by Gasteiger charge is 2.21. The van der Waals surface area contributed by atoms with Crippen LogP contribution < -0.4 is 4.72 Å². The van der Waals surface area contributed by atoms with E-state index in [1.54, 1.807) is 38.1 Å². The summed E-state index contributed by atoms with van der Waals surface area (Å²) in [4.78, 5) is 0.143. The molecule has 0 saturated carbocycles. The molecule has 2 aromatic carbocycles. The van der Waals surface area contributed by atoms with Gasteiger partial charge in [0.25, 0.3) is 0 Å². The van der Waals surface area contributed by atoms with Gasteiger partial charge >= 0.3 is 0 Å². The van der Waals surface area contributed by atoms with Crippen LogP contribution in [0.15, 0.2) is 47.4 Å². The maximum absolute atomic E-state index is 12.9. The van der Waals surface area contributed by atoms with E-state index in [1.807, 2.05) is 0 Å². The van der Waals surface area contributed by atoms with E-state index in [2.05, 4.69) is 4.72 Å². The molecular weight excluding hydrogens is 313 g/mol. The van der Waals surface area contributed by atoms with Crippen LogP contribution in [0.2, 0.25) is 5.02 Å². The van der Waals surface area contributed by atoms with Gasteiger partial charge in [0, 0.05) is 11.1 Å². The Labute approximate surface area is 128 Å². The molecule has 2 rings (SSSR count). The van der Waals surface area contributed by atoms with Crippen molar-refractivity contribution in [3.8, 4) is 0 Å². The smallest absolute Gasteiger partial charge is 0.207 e. The van der Waals surface area contributed by atoms with Crippen LogP contribution in [0.25, 0.3) is 0 Å². The second-order valence-electron chi connectivity index (χ2n) is 4.76. The molecule has 0 bridgehead atoms. The van der Waals surface area contributed by atoms with Crippen LogP contribution in [-0.2, 0) is 10.0 Å². The first-order valence-electron chi connectivity index (χ1n) is 6.34. The normalized spacial score (nSPS) is 13.1. The third-order valence-electron chi connectivity index (χ3n) is 3.21. The van der Waals surface area contributed by atoms with Crippen molar-refractivity contribution in [1.82, 2.24) is 4.72 Å². The molecular formula is C15H15ClFNO2S. The predicted octanol–water partition coefficient (Wildman–Crippen LogP) is 3.83. The van der Waals surface area contributed by atoms with E-state index < -0.39 is 16.1 Å². The highest BCUT2D eigenvalue weighted by molar-refractivity contribution is 7.89. The molecule has 2 aromatic rings. The maximum atomic E-state index is 12.9. The second-order valence-corrected chi connectivity index (χ2v) is 6.85. The first-order valence-corrected chi connectivity index (χ1v) is 8.20. The molecule has 0 aliphatic rings. The fourth-order valence-electron chi connectivity index (χ4n) is 1.99. The minimum atomic E-state index is -3.70. The van der Waals surface area contributed by atoms with Crippen molar-refractivity contribution in [2.45, 2.75) is 24.8 Å². The van der Waals surface area contributed by atoms with E-state index in [0.717, 1.165) is 0 Å². The summed E-state index contributed by atoms with van der Waals surface area (Å²) >= 11 is 5.96. The molecule has 112 valence electrons. The summed E-state index contributed by atoms with van der Waals surface area (Å²) in [7, 11) is -3.70. The Hall–Kier alpha value is -1.43. The molecule has 0 radical (unpaired) electrons. The van der Waals surface area contributed by atoms with E-state index in [1.165, 1.54) is 18.2 Å². The van der Waals surface area contributed by atoms with Gasteiger partial charge in [-0.2, -0.15) is 0 Å². The van der Waals surface area contributed by atoms with E-state index in [0.29, 0.717) is 16.1 Å². The molecule has 1 unspecified atom stereocenters. The van der Waals surface area contributed by atoms with Crippen LogP contribution in [0, 0.1) is 12.7 Å².